The lowest BCUT2D eigenvalue weighted by molar-refractivity contribution is -0.0320. The number of ether oxygens (including phenoxy) is 3. The van der Waals surface area contributed by atoms with Crippen LogP contribution in [-0.2, 0) is 14.2 Å². The molecule has 0 radical (unpaired) electrons. The average molecular weight is 423 g/mol. The van der Waals surface area contributed by atoms with E-state index in [0.29, 0.717) is 12.6 Å². The molecule has 2 aliphatic heterocycles. The van der Waals surface area contributed by atoms with Gasteiger partial charge in [0, 0.05) is 53.0 Å². The summed E-state index contributed by atoms with van der Waals surface area (Å²) >= 11 is 0. The van der Waals surface area contributed by atoms with E-state index in [1.54, 1.807) is 7.05 Å². The first-order chi connectivity index (χ1) is 14.8. The van der Waals surface area contributed by atoms with Crippen LogP contribution >= 0.6 is 0 Å². The van der Waals surface area contributed by atoms with E-state index >= 15 is 0 Å². The summed E-state index contributed by atoms with van der Waals surface area (Å²) in [5, 5.41) is 6.78. The highest BCUT2D eigenvalue weighted by molar-refractivity contribution is 5.79. The lowest BCUT2D eigenvalue weighted by atomic mass is 10.0. The molecule has 2 fully saturated rings. The fourth-order valence-corrected chi connectivity index (χ4v) is 3.82. The van der Waals surface area contributed by atoms with Gasteiger partial charge in [0.05, 0.1) is 25.4 Å². The molecule has 30 heavy (non-hydrogen) atoms. The Kier molecular flexibility index (Phi) is 9.82. The molecule has 1 unspecified atom stereocenters. The highest BCUT2D eigenvalue weighted by Gasteiger charge is 2.23. The van der Waals surface area contributed by atoms with Crippen LogP contribution in [0.3, 0.4) is 0 Å². The Labute approximate surface area is 179 Å². The zero-order valence-electron chi connectivity index (χ0n) is 17.9. The molecule has 1 aromatic rings. The summed E-state index contributed by atoms with van der Waals surface area (Å²) in [6, 6.07) is 6.90. The summed E-state index contributed by atoms with van der Waals surface area (Å²) in [6.07, 6.45) is 3.23. The van der Waals surface area contributed by atoms with Gasteiger partial charge in [-0.25, -0.2) is 4.39 Å². The van der Waals surface area contributed by atoms with Crippen molar-refractivity contribution in [2.24, 2.45) is 4.99 Å². The maximum absolute atomic E-state index is 13.4. The topological polar surface area (TPSA) is 67.4 Å². The van der Waals surface area contributed by atoms with Crippen molar-refractivity contribution in [3.05, 3.63) is 35.6 Å². The van der Waals surface area contributed by atoms with E-state index in [2.05, 4.69) is 20.5 Å². The van der Waals surface area contributed by atoms with Gasteiger partial charge in [-0.15, -0.1) is 0 Å². The molecule has 2 aliphatic rings. The molecule has 2 heterocycles. The van der Waals surface area contributed by atoms with Crippen LogP contribution in [0.1, 0.15) is 30.9 Å². The molecule has 7 nitrogen and oxygen atoms in total. The van der Waals surface area contributed by atoms with Crippen LogP contribution in [-0.4, -0.2) is 83.2 Å². The third-order valence-corrected chi connectivity index (χ3v) is 5.56. The molecule has 2 saturated heterocycles. The highest BCUT2D eigenvalue weighted by Crippen LogP contribution is 2.21. The molecule has 0 saturated carbocycles. The van der Waals surface area contributed by atoms with E-state index in [0.717, 1.165) is 83.5 Å². The number of hydrogen-bond acceptors (Lipinski definition) is 5. The number of nitrogens with one attached hydrogen (secondary N) is 2. The predicted octanol–water partition coefficient (Wildman–Crippen LogP) is 1.95. The van der Waals surface area contributed by atoms with Crippen molar-refractivity contribution in [3.63, 3.8) is 0 Å². The SMILES string of the molecule is CN=C(NCCCOC1CCOCC1)NCC(c1ccc(F)cc1)N1CCOCC1. The Morgan fingerprint density at radius 1 is 1.13 bits per heavy atom. The van der Waals surface area contributed by atoms with Gasteiger partial charge in [0.2, 0.25) is 0 Å². The van der Waals surface area contributed by atoms with E-state index in [4.69, 9.17) is 14.2 Å². The third-order valence-electron chi connectivity index (χ3n) is 5.56. The molecule has 0 aromatic heterocycles. The van der Waals surface area contributed by atoms with Gasteiger partial charge in [-0.1, -0.05) is 12.1 Å². The molecule has 168 valence electrons. The molecule has 3 rings (SSSR count). The Hall–Kier alpha value is -1.74. The van der Waals surface area contributed by atoms with Crippen LogP contribution < -0.4 is 10.6 Å². The van der Waals surface area contributed by atoms with Gasteiger partial charge in [0.25, 0.3) is 0 Å². The Bertz CT molecular complexity index is 632. The molecular formula is C22H35FN4O3. The zero-order chi connectivity index (χ0) is 21.0. The van der Waals surface area contributed by atoms with Crippen LogP contribution in [0.5, 0.6) is 0 Å². The van der Waals surface area contributed by atoms with Gasteiger partial charge < -0.3 is 24.8 Å². The van der Waals surface area contributed by atoms with Crippen LogP contribution in [0.4, 0.5) is 4.39 Å². The molecule has 0 aliphatic carbocycles. The predicted molar refractivity (Wildman–Crippen MR) is 115 cm³/mol. The summed E-state index contributed by atoms with van der Waals surface area (Å²) in [4.78, 5) is 6.71. The molecule has 1 aromatic carbocycles. The number of nitrogens with zero attached hydrogens (tertiary/aromatic N) is 2. The lowest BCUT2D eigenvalue weighted by Crippen LogP contribution is -2.46. The van der Waals surface area contributed by atoms with Crippen LogP contribution in [0.2, 0.25) is 0 Å². The Balaban J connectivity index is 1.43. The van der Waals surface area contributed by atoms with E-state index < -0.39 is 0 Å². The molecule has 0 amide bonds. The van der Waals surface area contributed by atoms with Gasteiger partial charge >= 0.3 is 0 Å². The third kappa shape index (κ3) is 7.50. The minimum atomic E-state index is -0.215. The summed E-state index contributed by atoms with van der Waals surface area (Å²) < 4.78 is 30.2. The van der Waals surface area contributed by atoms with E-state index in [1.807, 2.05) is 12.1 Å². The van der Waals surface area contributed by atoms with Crippen LogP contribution in [0, 0.1) is 5.82 Å². The fourth-order valence-electron chi connectivity index (χ4n) is 3.82. The summed E-state index contributed by atoms with van der Waals surface area (Å²) in [7, 11) is 1.77. The first-order valence-corrected chi connectivity index (χ1v) is 11.0. The second kappa shape index (κ2) is 12.8. The number of aliphatic imine (C=N–C) groups is 1. The van der Waals surface area contributed by atoms with Gasteiger partial charge in [-0.05, 0) is 37.0 Å². The smallest absolute Gasteiger partial charge is 0.191 e. The minimum Gasteiger partial charge on any atom is -0.381 e. The average Bonchev–Trinajstić information content (AvgIpc) is 2.80. The van der Waals surface area contributed by atoms with Gasteiger partial charge in [0.1, 0.15) is 5.82 Å². The van der Waals surface area contributed by atoms with Crippen molar-refractivity contribution >= 4 is 5.96 Å². The zero-order valence-corrected chi connectivity index (χ0v) is 17.9. The molecular weight excluding hydrogens is 387 g/mol. The number of benzene rings is 1. The molecule has 0 bridgehead atoms. The number of morpholine rings is 1. The first-order valence-electron chi connectivity index (χ1n) is 11.0. The highest BCUT2D eigenvalue weighted by atomic mass is 19.1. The summed E-state index contributed by atoms with van der Waals surface area (Å²) in [6.45, 7) is 6.98. The Morgan fingerprint density at radius 2 is 1.83 bits per heavy atom. The van der Waals surface area contributed by atoms with E-state index in [1.165, 1.54) is 12.1 Å². The van der Waals surface area contributed by atoms with Crippen molar-refractivity contribution < 1.29 is 18.6 Å². The molecule has 0 spiro atoms. The monoisotopic (exact) mass is 422 g/mol. The van der Waals surface area contributed by atoms with Gasteiger partial charge in [-0.2, -0.15) is 0 Å². The number of hydrogen-bond donors (Lipinski definition) is 2. The molecule has 8 heteroatoms. The van der Waals surface area contributed by atoms with Crippen molar-refractivity contribution in [1.29, 1.82) is 0 Å². The lowest BCUT2D eigenvalue weighted by Gasteiger charge is -2.35. The molecule has 1 atom stereocenters. The summed E-state index contributed by atoms with van der Waals surface area (Å²) in [5.74, 6) is 0.550. The standard InChI is InChI=1S/C22H35FN4O3/c1-24-22(25-9-2-12-30-20-7-13-28-14-8-20)26-17-21(27-10-15-29-16-11-27)18-3-5-19(23)6-4-18/h3-6,20-21H,2,7-17H2,1H3,(H2,24,25,26). The number of rotatable bonds is 9. The van der Waals surface area contributed by atoms with Gasteiger partial charge in [0.15, 0.2) is 5.96 Å². The fraction of sp³-hybridized carbons (Fsp3) is 0.682. The van der Waals surface area contributed by atoms with Crippen molar-refractivity contribution in [3.8, 4) is 0 Å². The van der Waals surface area contributed by atoms with Crippen LogP contribution in [0.25, 0.3) is 0 Å². The molecule has 2 N–H and O–H groups in total. The second-order valence-electron chi connectivity index (χ2n) is 7.63. The van der Waals surface area contributed by atoms with Crippen molar-refractivity contribution in [2.75, 3.05) is 66.3 Å². The maximum atomic E-state index is 13.4. The maximum Gasteiger partial charge on any atom is 0.191 e. The quantitative estimate of drug-likeness (QED) is 0.360. The summed E-state index contributed by atoms with van der Waals surface area (Å²) in [5.41, 5.74) is 1.09. The number of guanidine groups is 1. The normalized spacial score (nSPS) is 20.1. The minimum absolute atomic E-state index is 0.130. The van der Waals surface area contributed by atoms with Crippen LogP contribution in [0.15, 0.2) is 29.3 Å². The van der Waals surface area contributed by atoms with Crippen molar-refractivity contribution in [2.45, 2.75) is 31.4 Å². The second-order valence-corrected chi connectivity index (χ2v) is 7.63. The Morgan fingerprint density at radius 3 is 2.53 bits per heavy atom. The number of halogens is 1. The van der Waals surface area contributed by atoms with Crippen molar-refractivity contribution in [1.82, 2.24) is 15.5 Å². The van der Waals surface area contributed by atoms with E-state index in [9.17, 15) is 4.39 Å². The van der Waals surface area contributed by atoms with Gasteiger partial charge in [-0.3, -0.25) is 9.89 Å². The largest absolute Gasteiger partial charge is 0.381 e. The first kappa shape index (κ1) is 22.9. The van der Waals surface area contributed by atoms with E-state index in [-0.39, 0.29) is 11.9 Å².